The van der Waals surface area contributed by atoms with Crippen LogP contribution in [-0.4, -0.2) is 36.5 Å². The molecule has 0 radical (unpaired) electrons. The van der Waals surface area contributed by atoms with Crippen LogP contribution in [0.3, 0.4) is 0 Å². The zero-order chi connectivity index (χ0) is 15.4. The summed E-state index contributed by atoms with van der Waals surface area (Å²) >= 11 is 3.27. The number of piperidine rings is 1. The number of rotatable bonds is 5. The predicted octanol–water partition coefficient (Wildman–Crippen LogP) is 2.19. The lowest BCUT2D eigenvalue weighted by molar-refractivity contribution is -0.119. The van der Waals surface area contributed by atoms with Gasteiger partial charge in [0.2, 0.25) is 5.91 Å². The summed E-state index contributed by atoms with van der Waals surface area (Å²) in [5.41, 5.74) is 5.88. The van der Waals surface area contributed by atoms with Gasteiger partial charge in [0.05, 0.1) is 6.54 Å². The van der Waals surface area contributed by atoms with Crippen molar-refractivity contribution < 1.29 is 9.18 Å². The van der Waals surface area contributed by atoms with Gasteiger partial charge >= 0.3 is 0 Å². The second-order valence-electron chi connectivity index (χ2n) is 5.57. The Hall–Kier alpha value is -0.980. The van der Waals surface area contributed by atoms with E-state index in [0.717, 1.165) is 30.4 Å². The third-order valence-corrected chi connectivity index (χ3v) is 4.37. The molecule has 2 rings (SSSR count). The standard InChI is InChI=1S/C15H21BrFN3O/c1-10(13-3-2-11(16)8-14(13)17)19-12-4-6-20(7-5-12)9-15(18)21/h2-3,8,10,12,19H,4-7,9H2,1H3,(H2,18,21). The zero-order valence-electron chi connectivity index (χ0n) is 12.1. The number of carbonyl (C=O) groups excluding carboxylic acids is 1. The van der Waals surface area contributed by atoms with E-state index < -0.39 is 0 Å². The maximum absolute atomic E-state index is 13.9. The number of nitrogens with zero attached hydrogens (tertiary/aromatic N) is 1. The highest BCUT2D eigenvalue weighted by atomic mass is 79.9. The van der Waals surface area contributed by atoms with Crippen molar-refractivity contribution >= 4 is 21.8 Å². The summed E-state index contributed by atoms with van der Waals surface area (Å²) in [7, 11) is 0. The fourth-order valence-electron chi connectivity index (χ4n) is 2.77. The number of halogens is 2. The third-order valence-electron chi connectivity index (χ3n) is 3.88. The molecule has 21 heavy (non-hydrogen) atoms. The number of nitrogens with two attached hydrogens (primary N) is 1. The largest absolute Gasteiger partial charge is 0.369 e. The van der Waals surface area contributed by atoms with E-state index in [4.69, 9.17) is 5.73 Å². The molecule has 0 aromatic heterocycles. The van der Waals surface area contributed by atoms with Gasteiger partial charge in [-0.3, -0.25) is 9.69 Å². The maximum Gasteiger partial charge on any atom is 0.231 e. The van der Waals surface area contributed by atoms with E-state index in [-0.39, 0.29) is 17.8 Å². The summed E-state index contributed by atoms with van der Waals surface area (Å²) in [6.07, 6.45) is 1.88. The van der Waals surface area contributed by atoms with Crippen LogP contribution in [0.1, 0.15) is 31.4 Å². The number of hydrogen-bond donors (Lipinski definition) is 2. The topological polar surface area (TPSA) is 58.4 Å². The van der Waals surface area contributed by atoms with E-state index in [2.05, 4.69) is 26.1 Å². The highest BCUT2D eigenvalue weighted by Gasteiger charge is 2.22. The molecule has 1 unspecified atom stereocenters. The van der Waals surface area contributed by atoms with Gasteiger partial charge in [-0.05, 0) is 31.9 Å². The number of hydrogen-bond acceptors (Lipinski definition) is 3. The number of primary amides is 1. The van der Waals surface area contributed by atoms with Crippen molar-refractivity contribution in [1.82, 2.24) is 10.2 Å². The molecule has 0 aliphatic carbocycles. The van der Waals surface area contributed by atoms with Gasteiger partial charge in [0, 0.05) is 35.2 Å². The van der Waals surface area contributed by atoms with Gasteiger partial charge in [-0.2, -0.15) is 0 Å². The molecule has 1 fully saturated rings. The fraction of sp³-hybridized carbons (Fsp3) is 0.533. The fourth-order valence-corrected chi connectivity index (χ4v) is 3.11. The lowest BCUT2D eigenvalue weighted by Gasteiger charge is -2.33. The van der Waals surface area contributed by atoms with E-state index in [1.807, 2.05) is 13.0 Å². The Balaban J connectivity index is 1.86. The molecule has 1 aliphatic heterocycles. The van der Waals surface area contributed by atoms with E-state index >= 15 is 0 Å². The van der Waals surface area contributed by atoms with Crippen LogP contribution in [0.4, 0.5) is 4.39 Å². The first-order valence-corrected chi connectivity index (χ1v) is 7.96. The molecule has 116 valence electrons. The lowest BCUT2D eigenvalue weighted by Crippen LogP contribution is -2.45. The molecule has 1 aromatic rings. The van der Waals surface area contributed by atoms with E-state index in [1.54, 1.807) is 6.07 Å². The average Bonchev–Trinajstić information content (AvgIpc) is 2.40. The van der Waals surface area contributed by atoms with Gasteiger partial charge in [-0.1, -0.05) is 22.0 Å². The average molecular weight is 358 g/mol. The van der Waals surface area contributed by atoms with Crippen molar-refractivity contribution in [2.45, 2.75) is 31.8 Å². The van der Waals surface area contributed by atoms with Crippen LogP contribution >= 0.6 is 15.9 Å². The highest BCUT2D eigenvalue weighted by molar-refractivity contribution is 9.10. The van der Waals surface area contributed by atoms with Gasteiger partial charge in [-0.25, -0.2) is 4.39 Å². The summed E-state index contributed by atoms with van der Waals surface area (Å²) < 4.78 is 14.7. The monoisotopic (exact) mass is 357 g/mol. The quantitative estimate of drug-likeness (QED) is 0.849. The summed E-state index contributed by atoms with van der Waals surface area (Å²) in [6, 6.07) is 5.45. The van der Waals surface area contributed by atoms with Crippen LogP contribution in [0, 0.1) is 5.82 Å². The SMILES string of the molecule is CC(NC1CCN(CC(N)=O)CC1)c1ccc(Br)cc1F. The Labute approximate surface area is 133 Å². The summed E-state index contributed by atoms with van der Waals surface area (Å²) in [6.45, 7) is 3.98. The predicted molar refractivity (Wildman–Crippen MR) is 84.3 cm³/mol. The summed E-state index contributed by atoms with van der Waals surface area (Å²) in [4.78, 5) is 13.0. The molecule has 0 spiro atoms. The van der Waals surface area contributed by atoms with Gasteiger partial charge in [0.25, 0.3) is 0 Å². The molecule has 0 bridgehead atoms. The van der Waals surface area contributed by atoms with Gasteiger partial charge in [0.1, 0.15) is 5.82 Å². The molecule has 1 saturated heterocycles. The van der Waals surface area contributed by atoms with Crippen molar-refractivity contribution in [1.29, 1.82) is 0 Å². The van der Waals surface area contributed by atoms with E-state index in [9.17, 15) is 9.18 Å². The van der Waals surface area contributed by atoms with Crippen LogP contribution in [0.5, 0.6) is 0 Å². The number of nitrogens with one attached hydrogen (secondary N) is 1. The van der Waals surface area contributed by atoms with Crippen LogP contribution in [0.2, 0.25) is 0 Å². The second-order valence-corrected chi connectivity index (χ2v) is 6.49. The first kappa shape index (κ1) is 16.4. The molecule has 3 N–H and O–H groups in total. The Morgan fingerprint density at radius 3 is 2.76 bits per heavy atom. The van der Waals surface area contributed by atoms with E-state index in [1.165, 1.54) is 6.07 Å². The molecule has 4 nitrogen and oxygen atoms in total. The lowest BCUT2D eigenvalue weighted by atomic mass is 10.0. The van der Waals surface area contributed by atoms with Gasteiger partial charge < -0.3 is 11.1 Å². The van der Waals surface area contributed by atoms with Crippen molar-refractivity contribution in [2.75, 3.05) is 19.6 Å². The first-order chi connectivity index (χ1) is 9.95. The van der Waals surface area contributed by atoms with Crippen molar-refractivity contribution in [3.8, 4) is 0 Å². The molecule has 1 atom stereocenters. The molecule has 0 saturated carbocycles. The number of amides is 1. The van der Waals surface area contributed by atoms with Crippen molar-refractivity contribution in [2.24, 2.45) is 5.73 Å². The molecule has 6 heteroatoms. The van der Waals surface area contributed by atoms with Crippen molar-refractivity contribution in [3.63, 3.8) is 0 Å². The first-order valence-electron chi connectivity index (χ1n) is 7.17. The minimum atomic E-state index is -0.285. The van der Waals surface area contributed by atoms with Gasteiger partial charge in [0.15, 0.2) is 0 Å². The number of carbonyl (C=O) groups is 1. The van der Waals surface area contributed by atoms with Crippen LogP contribution in [-0.2, 0) is 4.79 Å². The molecular formula is C15H21BrFN3O. The smallest absolute Gasteiger partial charge is 0.231 e. The number of benzene rings is 1. The molecule has 1 amide bonds. The zero-order valence-corrected chi connectivity index (χ0v) is 13.7. The summed E-state index contributed by atoms with van der Waals surface area (Å²) in [5.74, 6) is -0.484. The van der Waals surface area contributed by atoms with Crippen LogP contribution in [0.25, 0.3) is 0 Å². The van der Waals surface area contributed by atoms with Crippen molar-refractivity contribution in [3.05, 3.63) is 34.1 Å². The third kappa shape index (κ3) is 4.76. The van der Waals surface area contributed by atoms with Gasteiger partial charge in [-0.15, -0.1) is 0 Å². The molecule has 1 heterocycles. The van der Waals surface area contributed by atoms with Crippen LogP contribution in [0.15, 0.2) is 22.7 Å². The summed E-state index contributed by atoms with van der Waals surface area (Å²) in [5, 5.41) is 3.47. The minimum absolute atomic E-state index is 0.0363. The second kappa shape index (κ2) is 7.33. The Kier molecular flexibility index (Phi) is 5.72. The number of likely N-dealkylation sites (tertiary alicyclic amines) is 1. The normalized spacial score (nSPS) is 18.6. The minimum Gasteiger partial charge on any atom is -0.369 e. The molecule has 1 aliphatic rings. The Morgan fingerprint density at radius 2 is 2.19 bits per heavy atom. The highest BCUT2D eigenvalue weighted by Crippen LogP contribution is 2.22. The molecular weight excluding hydrogens is 337 g/mol. The van der Waals surface area contributed by atoms with Crippen LogP contribution < -0.4 is 11.1 Å². The van der Waals surface area contributed by atoms with E-state index in [0.29, 0.717) is 18.2 Å². The Bertz CT molecular complexity index is 504. The Morgan fingerprint density at radius 1 is 1.52 bits per heavy atom. The maximum atomic E-state index is 13.9. The molecule has 1 aromatic carbocycles.